The molecule has 3 rings (SSSR count). The number of hydrogen-bond donors (Lipinski definition) is 0. The van der Waals surface area contributed by atoms with Crippen LogP contribution in [-0.2, 0) is 10.1 Å². The first-order valence-electron chi connectivity index (χ1n) is 6.58. The molecule has 0 atom stereocenters. The Morgan fingerprint density at radius 1 is 1.00 bits per heavy atom. The molecule has 0 saturated carbocycles. The van der Waals surface area contributed by atoms with E-state index in [9.17, 15) is 8.42 Å². The van der Waals surface area contributed by atoms with Crippen molar-refractivity contribution in [2.24, 2.45) is 0 Å². The molecule has 116 valence electrons. The van der Waals surface area contributed by atoms with E-state index >= 15 is 0 Å². The number of thioether (sulfide) groups is 2. The van der Waals surface area contributed by atoms with Crippen LogP contribution in [0.2, 0.25) is 0 Å². The molecule has 7 heteroatoms. The van der Waals surface area contributed by atoms with Gasteiger partial charge in [-0.1, -0.05) is 24.3 Å². The molecule has 0 amide bonds. The first-order valence-corrected chi connectivity index (χ1v) is 10.9. The molecule has 0 aromatic heterocycles. The summed E-state index contributed by atoms with van der Waals surface area (Å²) in [6.45, 7) is 0. The van der Waals surface area contributed by atoms with Crippen LogP contribution < -0.4 is 4.18 Å². The van der Waals surface area contributed by atoms with Gasteiger partial charge in [0.15, 0.2) is 0 Å². The van der Waals surface area contributed by atoms with Crippen molar-refractivity contribution in [2.75, 3.05) is 11.5 Å². The second-order valence-electron chi connectivity index (χ2n) is 4.61. The van der Waals surface area contributed by atoms with Crippen LogP contribution in [0.15, 0.2) is 57.9 Å². The summed E-state index contributed by atoms with van der Waals surface area (Å²) in [6, 6.07) is 13.9. The third-order valence-electron chi connectivity index (χ3n) is 3.09. The second kappa shape index (κ2) is 6.86. The molecule has 0 N–H and O–H groups in total. The fourth-order valence-corrected chi connectivity index (χ4v) is 6.80. The third kappa shape index (κ3) is 3.64. The summed E-state index contributed by atoms with van der Waals surface area (Å²) in [6.07, 6.45) is 0. The summed E-state index contributed by atoms with van der Waals surface area (Å²) in [5, 5.41) is 0. The Morgan fingerprint density at radius 3 is 2.27 bits per heavy atom. The Bertz CT molecular complexity index is 754. The van der Waals surface area contributed by atoms with Crippen molar-refractivity contribution in [1.82, 2.24) is 0 Å². The minimum atomic E-state index is -3.83. The predicted octanol–water partition coefficient (Wildman–Crippen LogP) is 4.70. The van der Waals surface area contributed by atoms with Crippen LogP contribution in [0.1, 0.15) is 10.1 Å². The van der Waals surface area contributed by atoms with E-state index in [1.807, 2.05) is 35.7 Å². The molecule has 2 aromatic rings. The summed E-state index contributed by atoms with van der Waals surface area (Å²) < 4.78 is 30.8. The van der Waals surface area contributed by atoms with E-state index in [-0.39, 0.29) is 4.90 Å². The van der Waals surface area contributed by atoms with E-state index < -0.39 is 10.1 Å². The highest BCUT2D eigenvalue weighted by Gasteiger charge is 2.21. The number of hydrogen-bond acceptors (Lipinski definition) is 5. The van der Waals surface area contributed by atoms with E-state index in [1.165, 1.54) is 11.6 Å². The lowest BCUT2D eigenvalue weighted by Gasteiger charge is -2.11. The highest BCUT2D eigenvalue weighted by atomic mass is 79.9. The molecule has 22 heavy (non-hydrogen) atoms. The molecular formula is C15H13BrO3S3. The maximum absolute atomic E-state index is 12.3. The summed E-state index contributed by atoms with van der Waals surface area (Å²) >= 11 is 7.06. The topological polar surface area (TPSA) is 43.4 Å². The molecule has 1 saturated heterocycles. The quantitative estimate of drug-likeness (QED) is 0.675. The van der Waals surface area contributed by atoms with Crippen LogP contribution in [-0.4, -0.2) is 19.9 Å². The zero-order valence-corrected chi connectivity index (χ0v) is 15.5. The van der Waals surface area contributed by atoms with Gasteiger partial charge in [-0.2, -0.15) is 8.42 Å². The molecule has 0 unspecified atom stereocenters. The molecule has 1 aliphatic heterocycles. The van der Waals surface area contributed by atoms with Crippen LogP contribution in [0.4, 0.5) is 0 Å². The van der Waals surface area contributed by atoms with Gasteiger partial charge in [0, 0.05) is 16.0 Å². The average molecular weight is 417 g/mol. The van der Waals surface area contributed by atoms with E-state index in [1.54, 1.807) is 30.3 Å². The third-order valence-corrected chi connectivity index (χ3v) is 8.45. The van der Waals surface area contributed by atoms with Gasteiger partial charge >= 0.3 is 10.1 Å². The number of benzene rings is 2. The largest absolute Gasteiger partial charge is 0.379 e. The van der Waals surface area contributed by atoms with Gasteiger partial charge in [0.05, 0.1) is 4.58 Å². The van der Waals surface area contributed by atoms with Crippen molar-refractivity contribution in [3.05, 3.63) is 58.6 Å². The van der Waals surface area contributed by atoms with Crippen molar-refractivity contribution in [2.45, 2.75) is 9.48 Å². The van der Waals surface area contributed by atoms with Gasteiger partial charge in [0.1, 0.15) is 10.6 Å². The smallest absolute Gasteiger partial charge is 0.340 e. The molecule has 0 radical (unpaired) electrons. The van der Waals surface area contributed by atoms with Gasteiger partial charge in [-0.25, -0.2) is 0 Å². The van der Waals surface area contributed by atoms with Crippen molar-refractivity contribution >= 4 is 49.6 Å². The maximum atomic E-state index is 12.3. The lowest BCUT2D eigenvalue weighted by atomic mass is 10.2. The Balaban J connectivity index is 1.79. The van der Waals surface area contributed by atoms with Gasteiger partial charge in [-0.15, -0.1) is 23.5 Å². The zero-order chi connectivity index (χ0) is 15.6. The summed E-state index contributed by atoms with van der Waals surface area (Å²) in [4.78, 5) is 0.126. The lowest BCUT2D eigenvalue weighted by Crippen LogP contribution is -2.10. The summed E-state index contributed by atoms with van der Waals surface area (Å²) in [7, 11) is -3.83. The monoisotopic (exact) mass is 416 g/mol. The summed E-state index contributed by atoms with van der Waals surface area (Å²) in [5.41, 5.74) is 1.19. The van der Waals surface area contributed by atoms with Crippen molar-refractivity contribution < 1.29 is 12.6 Å². The van der Waals surface area contributed by atoms with Gasteiger partial charge in [0.25, 0.3) is 0 Å². The second-order valence-corrected chi connectivity index (χ2v) is 9.70. The highest BCUT2D eigenvalue weighted by molar-refractivity contribution is 9.10. The lowest BCUT2D eigenvalue weighted by molar-refractivity contribution is 0.485. The fraction of sp³-hybridized carbons (Fsp3) is 0.200. The normalized spacial score (nSPS) is 15.9. The zero-order valence-electron chi connectivity index (χ0n) is 11.4. The summed E-state index contributed by atoms with van der Waals surface area (Å²) in [5.74, 6) is 2.64. The molecule has 1 fully saturated rings. The molecule has 2 aromatic carbocycles. The van der Waals surface area contributed by atoms with Gasteiger partial charge < -0.3 is 4.18 Å². The van der Waals surface area contributed by atoms with E-state index in [4.69, 9.17) is 4.18 Å². The molecule has 1 aliphatic rings. The van der Waals surface area contributed by atoms with Gasteiger partial charge in [-0.3, -0.25) is 0 Å². The van der Waals surface area contributed by atoms with Gasteiger partial charge in [-0.05, 0) is 45.8 Å². The minimum absolute atomic E-state index is 0.126. The first kappa shape index (κ1) is 16.2. The Hall–Kier alpha value is -0.630. The first-order chi connectivity index (χ1) is 10.6. The van der Waals surface area contributed by atoms with E-state index in [0.717, 1.165) is 11.5 Å². The fourth-order valence-electron chi connectivity index (χ4n) is 2.05. The standard InChI is InChI=1S/C15H13BrO3S3/c16-13-3-1-2-4-14(13)22(17,18)19-12-7-5-11(6-8-12)15-20-9-10-21-15/h1-8,15H,9-10H2. The van der Waals surface area contributed by atoms with Gasteiger partial charge in [0.2, 0.25) is 0 Å². The van der Waals surface area contributed by atoms with E-state index in [2.05, 4.69) is 15.9 Å². The van der Waals surface area contributed by atoms with Crippen molar-refractivity contribution in [1.29, 1.82) is 0 Å². The minimum Gasteiger partial charge on any atom is -0.379 e. The van der Waals surface area contributed by atoms with Crippen molar-refractivity contribution in [3.63, 3.8) is 0 Å². The van der Waals surface area contributed by atoms with E-state index in [0.29, 0.717) is 14.8 Å². The maximum Gasteiger partial charge on any atom is 0.340 e. The van der Waals surface area contributed by atoms with Crippen LogP contribution in [0, 0.1) is 0 Å². The van der Waals surface area contributed by atoms with Crippen LogP contribution in [0.25, 0.3) is 0 Å². The Labute approximate surface area is 147 Å². The molecule has 0 bridgehead atoms. The Morgan fingerprint density at radius 2 is 1.64 bits per heavy atom. The average Bonchev–Trinajstić information content (AvgIpc) is 3.02. The Kier molecular flexibility index (Phi) is 5.07. The predicted molar refractivity (Wildman–Crippen MR) is 96.1 cm³/mol. The van der Waals surface area contributed by atoms with Crippen LogP contribution >= 0.6 is 39.5 Å². The van der Waals surface area contributed by atoms with Crippen LogP contribution in [0.3, 0.4) is 0 Å². The van der Waals surface area contributed by atoms with Crippen molar-refractivity contribution in [3.8, 4) is 5.75 Å². The van der Waals surface area contributed by atoms with Crippen LogP contribution in [0.5, 0.6) is 5.75 Å². The highest BCUT2D eigenvalue weighted by Crippen LogP contribution is 2.45. The molecule has 0 aliphatic carbocycles. The number of halogens is 1. The molecular weight excluding hydrogens is 404 g/mol. The molecule has 0 spiro atoms. The molecule has 3 nitrogen and oxygen atoms in total. The number of rotatable bonds is 4. The SMILES string of the molecule is O=S(=O)(Oc1ccc(C2SCCS2)cc1)c1ccccc1Br. The molecule has 1 heterocycles.